The van der Waals surface area contributed by atoms with Gasteiger partial charge in [0.2, 0.25) is 0 Å². The van der Waals surface area contributed by atoms with Gasteiger partial charge in [-0.15, -0.1) is 0 Å². The van der Waals surface area contributed by atoms with Crippen LogP contribution < -0.4 is 10.5 Å². The first-order valence-electron chi connectivity index (χ1n) is 5.83. The molecule has 1 aliphatic carbocycles. The summed E-state index contributed by atoms with van der Waals surface area (Å²) in [6.07, 6.45) is 2.64. The van der Waals surface area contributed by atoms with Crippen molar-refractivity contribution in [3.8, 4) is 5.75 Å². The monoisotopic (exact) mass is 283 g/mol. The molecule has 1 aromatic rings. The van der Waals surface area contributed by atoms with Gasteiger partial charge >= 0.3 is 0 Å². The fourth-order valence-corrected chi connectivity index (χ4v) is 2.03. The highest BCUT2D eigenvalue weighted by Crippen LogP contribution is 2.33. The Morgan fingerprint density at radius 3 is 2.88 bits per heavy atom. The zero-order chi connectivity index (χ0) is 11.5. The topological polar surface area (TPSA) is 35.2 Å². The van der Waals surface area contributed by atoms with Crippen molar-refractivity contribution in [3.63, 3.8) is 0 Å². The molecule has 16 heavy (non-hydrogen) atoms. The minimum absolute atomic E-state index is 0.340. The number of benzene rings is 1. The van der Waals surface area contributed by atoms with Crippen LogP contribution in [0.1, 0.15) is 31.2 Å². The van der Waals surface area contributed by atoms with Crippen LogP contribution in [0.3, 0.4) is 0 Å². The summed E-state index contributed by atoms with van der Waals surface area (Å²) in [7, 11) is 0. The first-order chi connectivity index (χ1) is 7.70. The van der Waals surface area contributed by atoms with Crippen LogP contribution in [0, 0.1) is 5.92 Å². The molecule has 0 spiro atoms. The van der Waals surface area contributed by atoms with Crippen molar-refractivity contribution < 1.29 is 4.74 Å². The largest absolute Gasteiger partial charge is 0.493 e. The second kappa shape index (κ2) is 5.19. The Hall–Kier alpha value is -0.540. The van der Waals surface area contributed by atoms with Gasteiger partial charge in [-0.25, -0.2) is 0 Å². The molecule has 1 atom stereocenters. The van der Waals surface area contributed by atoms with Crippen molar-refractivity contribution in [1.29, 1.82) is 0 Å². The molecular weight excluding hydrogens is 266 g/mol. The van der Waals surface area contributed by atoms with Gasteiger partial charge in [0.15, 0.2) is 0 Å². The van der Waals surface area contributed by atoms with E-state index in [9.17, 15) is 0 Å². The number of hydrogen-bond donors (Lipinski definition) is 1. The number of ether oxygens (including phenoxy) is 1. The summed E-state index contributed by atoms with van der Waals surface area (Å²) < 4.78 is 6.95. The number of rotatable bonds is 5. The van der Waals surface area contributed by atoms with Crippen molar-refractivity contribution in [2.45, 2.75) is 25.7 Å². The van der Waals surface area contributed by atoms with Crippen molar-refractivity contribution in [2.24, 2.45) is 11.7 Å². The first kappa shape index (κ1) is 11.9. The van der Waals surface area contributed by atoms with Crippen LogP contribution in [-0.4, -0.2) is 13.2 Å². The highest BCUT2D eigenvalue weighted by molar-refractivity contribution is 9.10. The molecule has 2 N–H and O–H groups in total. The molecule has 0 aromatic heterocycles. The third-order valence-electron chi connectivity index (χ3n) is 3.03. The predicted molar refractivity (Wildman–Crippen MR) is 69.8 cm³/mol. The zero-order valence-corrected chi connectivity index (χ0v) is 11.2. The molecule has 0 bridgehead atoms. The van der Waals surface area contributed by atoms with Crippen LogP contribution in [0.4, 0.5) is 0 Å². The summed E-state index contributed by atoms with van der Waals surface area (Å²) in [5.41, 5.74) is 6.93. The van der Waals surface area contributed by atoms with E-state index in [-0.39, 0.29) is 0 Å². The smallest absolute Gasteiger partial charge is 0.122 e. The van der Waals surface area contributed by atoms with Crippen LogP contribution in [0.2, 0.25) is 0 Å². The zero-order valence-electron chi connectivity index (χ0n) is 9.58. The van der Waals surface area contributed by atoms with Crippen LogP contribution in [0.5, 0.6) is 5.75 Å². The van der Waals surface area contributed by atoms with E-state index in [0.29, 0.717) is 12.5 Å². The maximum absolute atomic E-state index is 5.86. The number of halogens is 1. The molecule has 1 saturated carbocycles. The van der Waals surface area contributed by atoms with E-state index in [2.05, 4.69) is 28.9 Å². The molecular formula is C13H18BrNO. The van der Waals surface area contributed by atoms with E-state index in [1.807, 2.05) is 12.1 Å². The van der Waals surface area contributed by atoms with Crippen LogP contribution >= 0.6 is 15.9 Å². The summed E-state index contributed by atoms with van der Waals surface area (Å²) in [6, 6.07) is 6.17. The van der Waals surface area contributed by atoms with Gasteiger partial charge in [0, 0.05) is 4.47 Å². The Bertz CT molecular complexity index is 363. The second-order valence-electron chi connectivity index (χ2n) is 4.57. The van der Waals surface area contributed by atoms with Crippen molar-refractivity contribution in [3.05, 3.63) is 28.2 Å². The van der Waals surface area contributed by atoms with E-state index < -0.39 is 0 Å². The SMILES string of the molecule is CC(CN)c1cc(Br)ccc1OCC1CC1. The van der Waals surface area contributed by atoms with Gasteiger partial charge in [-0.2, -0.15) is 0 Å². The average Bonchev–Trinajstić information content (AvgIpc) is 3.10. The average molecular weight is 284 g/mol. The quantitative estimate of drug-likeness (QED) is 0.900. The maximum Gasteiger partial charge on any atom is 0.122 e. The van der Waals surface area contributed by atoms with Gasteiger partial charge in [-0.1, -0.05) is 22.9 Å². The minimum atomic E-state index is 0.340. The van der Waals surface area contributed by atoms with Crippen LogP contribution in [0.15, 0.2) is 22.7 Å². The summed E-state index contributed by atoms with van der Waals surface area (Å²) in [6.45, 7) is 3.63. The lowest BCUT2D eigenvalue weighted by Gasteiger charge is -2.16. The van der Waals surface area contributed by atoms with E-state index in [1.54, 1.807) is 0 Å². The Morgan fingerprint density at radius 1 is 1.50 bits per heavy atom. The molecule has 88 valence electrons. The standard InChI is InChI=1S/C13H18BrNO/c1-9(7-15)12-6-11(14)4-5-13(12)16-8-10-2-3-10/h4-6,9-10H,2-3,7-8,15H2,1H3. The van der Waals surface area contributed by atoms with Gasteiger partial charge in [-0.3, -0.25) is 0 Å². The van der Waals surface area contributed by atoms with Gasteiger partial charge in [0.05, 0.1) is 6.61 Å². The Morgan fingerprint density at radius 2 is 2.25 bits per heavy atom. The Kier molecular flexibility index (Phi) is 3.87. The Labute approximate surface area is 105 Å². The predicted octanol–water partition coefficient (Wildman–Crippen LogP) is 3.30. The summed E-state index contributed by atoms with van der Waals surface area (Å²) in [5, 5.41) is 0. The Balaban J connectivity index is 2.13. The van der Waals surface area contributed by atoms with Crippen LogP contribution in [-0.2, 0) is 0 Å². The summed E-state index contributed by atoms with van der Waals surface area (Å²) in [5.74, 6) is 2.12. The highest BCUT2D eigenvalue weighted by atomic mass is 79.9. The highest BCUT2D eigenvalue weighted by Gasteiger charge is 2.22. The molecule has 3 heteroatoms. The van der Waals surface area contributed by atoms with Crippen molar-refractivity contribution in [2.75, 3.05) is 13.2 Å². The first-order valence-corrected chi connectivity index (χ1v) is 6.62. The molecule has 1 aliphatic rings. The molecule has 0 saturated heterocycles. The molecule has 0 heterocycles. The van der Waals surface area contributed by atoms with E-state index >= 15 is 0 Å². The van der Waals surface area contributed by atoms with E-state index in [1.165, 1.54) is 18.4 Å². The summed E-state index contributed by atoms with van der Waals surface area (Å²) in [4.78, 5) is 0. The van der Waals surface area contributed by atoms with Gasteiger partial charge in [-0.05, 0) is 55.0 Å². The molecule has 0 amide bonds. The molecule has 1 fully saturated rings. The number of nitrogens with two attached hydrogens (primary N) is 1. The normalized spacial score (nSPS) is 17.2. The third kappa shape index (κ3) is 2.98. The van der Waals surface area contributed by atoms with Crippen molar-refractivity contribution >= 4 is 15.9 Å². The lowest BCUT2D eigenvalue weighted by Crippen LogP contribution is -2.11. The van der Waals surface area contributed by atoms with Crippen LogP contribution in [0.25, 0.3) is 0 Å². The molecule has 1 unspecified atom stereocenters. The van der Waals surface area contributed by atoms with E-state index in [0.717, 1.165) is 22.7 Å². The molecule has 0 aliphatic heterocycles. The second-order valence-corrected chi connectivity index (χ2v) is 5.49. The van der Waals surface area contributed by atoms with Gasteiger partial charge in [0.1, 0.15) is 5.75 Å². The molecule has 0 radical (unpaired) electrons. The van der Waals surface area contributed by atoms with Gasteiger partial charge in [0.25, 0.3) is 0 Å². The third-order valence-corrected chi connectivity index (χ3v) is 3.52. The van der Waals surface area contributed by atoms with Crippen molar-refractivity contribution in [1.82, 2.24) is 0 Å². The fourth-order valence-electron chi connectivity index (χ4n) is 1.65. The van der Waals surface area contributed by atoms with Gasteiger partial charge < -0.3 is 10.5 Å². The lowest BCUT2D eigenvalue weighted by atomic mass is 10.0. The number of hydrogen-bond acceptors (Lipinski definition) is 2. The maximum atomic E-state index is 5.86. The molecule has 2 rings (SSSR count). The lowest BCUT2D eigenvalue weighted by molar-refractivity contribution is 0.295. The fraction of sp³-hybridized carbons (Fsp3) is 0.538. The van der Waals surface area contributed by atoms with E-state index in [4.69, 9.17) is 10.5 Å². The minimum Gasteiger partial charge on any atom is -0.493 e. The molecule has 2 nitrogen and oxygen atoms in total. The summed E-state index contributed by atoms with van der Waals surface area (Å²) >= 11 is 3.49. The molecule has 1 aromatic carbocycles.